The molecule has 4 heteroatoms. The van der Waals surface area contributed by atoms with E-state index in [4.69, 9.17) is 5.11 Å². The predicted molar refractivity (Wildman–Crippen MR) is 79.9 cm³/mol. The smallest absolute Gasteiger partial charge is 0.335 e. The van der Waals surface area contributed by atoms with Gasteiger partial charge in [-0.25, -0.2) is 4.79 Å². The molecule has 1 N–H and O–H groups in total. The summed E-state index contributed by atoms with van der Waals surface area (Å²) in [6.07, 6.45) is 4.02. The number of hydrogen-bond donors (Lipinski definition) is 1. The Morgan fingerprint density at radius 3 is 2.68 bits per heavy atom. The van der Waals surface area contributed by atoms with Crippen LogP contribution in [0.4, 0.5) is 0 Å². The molecule has 0 saturated carbocycles. The Hall–Kier alpha value is -1.00. The number of piperidine rings is 1. The zero-order valence-corrected chi connectivity index (χ0v) is 12.0. The van der Waals surface area contributed by atoms with Gasteiger partial charge in [0.05, 0.1) is 5.56 Å². The molecule has 1 aromatic carbocycles. The number of hydrogen-bond acceptors (Lipinski definition) is 3. The van der Waals surface area contributed by atoms with Crippen LogP contribution in [-0.2, 0) is 5.75 Å². The van der Waals surface area contributed by atoms with E-state index in [1.807, 2.05) is 23.9 Å². The first-order chi connectivity index (χ1) is 9.27. The van der Waals surface area contributed by atoms with Crippen molar-refractivity contribution >= 4 is 17.7 Å². The molecule has 2 rings (SSSR count). The Balaban J connectivity index is 1.74. The molecule has 1 heterocycles. The number of nitrogens with zero attached hydrogens (tertiary/aromatic N) is 1. The summed E-state index contributed by atoms with van der Waals surface area (Å²) in [7, 11) is 0. The Morgan fingerprint density at radius 1 is 1.21 bits per heavy atom. The van der Waals surface area contributed by atoms with Crippen LogP contribution in [-0.4, -0.2) is 41.4 Å². The molecule has 3 nitrogen and oxygen atoms in total. The molecule has 0 aromatic heterocycles. The number of rotatable bonds is 6. The van der Waals surface area contributed by atoms with Crippen molar-refractivity contribution < 1.29 is 9.90 Å². The van der Waals surface area contributed by atoms with Gasteiger partial charge >= 0.3 is 5.97 Å². The van der Waals surface area contributed by atoms with Gasteiger partial charge in [0.2, 0.25) is 0 Å². The lowest BCUT2D eigenvalue weighted by molar-refractivity contribution is 0.0696. The number of carboxylic acids is 1. The summed E-state index contributed by atoms with van der Waals surface area (Å²) in [5.41, 5.74) is 1.37. The van der Waals surface area contributed by atoms with Gasteiger partial charge in [-0.05, 0) is 37.6 Å². The van der Waals surface area contributed by atoms with Crippen LogP contribution in [0.25, 0.3) is 0 Å². The van der Waals surface area contributed by atoms with Gasteiger partial charge in [0.1, 0.15) is 0 Å². The summed E-state index contributed by atoms with van der Waals surface area (Å²) in [4.78, 5) is 13.6. The standard InChI is InChI=1S/C15H21NO2S/c17-15(18)14-7-3-2-6-13(14)12-19-11-10-16-8-4-1-5-9-16/h2-3,6-7H,1,4-5,8-12H2,(H,17,18). The van der Waals surface area contributed by atoms with E-state index in [-0.39, 0.29) is 0 Å². The van der Waals surface area contributed by atoms with Crippen molar-refractivity contribution in [1.29, 1.82) is 0 Å². The van der Waals surface area contributed by atoms with Gasteiger partial charge in [-0.1, -0.05) is 24.6 Å². The molecule has 19 heavy (non-hydrogen) atoms. The van der Waals surface area contributed by atoms with E-state index in [0.717, 1.165) is 23.6 Å². The highest BCUT2D eigenvalue weighted by Crippen LogP contribution is 2.17. The predicted octanol–water partition coefficient (Wildman–Crippen LogP) is 3.10. The van der Waals surface area contributed by atoms with Crippen LogP contribution in [0, 0.1) is 0 Å². The average molecular weight is 279 g/mol. The highest BCUT2D eigenvalue weighted by atomic mass is 32.2. The average Bonchev–Trinajstić information content (AvgIpc) is 2.45. The lowest BCUT2D eigenvalue weighted by Gasteiger charge is -2.26. The van der Waals surface area contributed by atoms with E-state index in [1.54, 1.807) is 12.1 Å². The van der Waals surface area contributed by atoms with Crippen LogP contribution in [0.1, 0.15) is 35.2 Å². The second-order valence-electron chi connectivity index (χ2n) is 4.92. The fourth-order valence-corrected chi connectivity index (χ4v) is 3.42. The van der Waals surface area contributed by atoms with Gasteiger partial charge in [-0.3, -0.25) is 0 Å². The van der Waals surface area contributed by atoms with Crippen LogP contribution in [0.5, 0.6) is 0 Å². The topological polar surface area (TPSA) is 40.5 Å². The molecule has 0 unspecified atom stereocenters. The molecule has 0 aliphatic carbocycles. The number of thioether (sulfide) groups is 1. The quantitative estimate of drug-likeness (QED) is 0.812. The summed E-state index contributed by atoms with van der Waals surface area (Å²) in [6.45, 7) is 3.58. The second-order valence-corrected chi connectivity index (χ2v) is 6.02. The fourth-order valence-electron chi connectivity index (χ4n) is 2.41. The third-order valence-electron chi connectivity index (χ3n) is 3.51. The Labute approximate surface area is 119 Å². The zero-order valence-electron chi connectivity index (χ0n) is 11.2. The maximum absolute atomic E-state index is 11.1. The van der Waals surface area contributed by atoms with Crippen molar-refractivity contribution in [3.63, 3.8) is 0 Å². The van der Waals surface area contributed by atoms with E-state index in [9.17, 15) is 4.79 Å². The lowest BCUT2D eigenvalue weighted by atomic mass is 10.1. The third kappa shape index (κ3) is 4.55. The molecule has 0 atom stereocenters. The first-order valence-corrected chi connectivity index (χ1v) is 8.04. The van der Waals surface area contributed by atoms with Crippen molar-refractivity contribution in [2.75, 3.05) is 25.4 Å². The number of carboxylic acid groups (broad SMARTS) is 1. The SMILES string of the molecule is O=C(O)c1ccccc1CSCCN1CCCCC1. The van der Waals surface area contributed by atoms with Gasteiger partial charge in [-0.15, -0.1) is 0 Å². The molecule has 1 aliphatic rings. The van der Waals surface area contributed by atoms with Crippen molar-refractivity contribution in [2.24, 2.45) is 0 Å². The maximum Gasteiger partial charge on any atom is 0.335 e. The minimum Gasteiger partial charge on any atom is -0.478 e. The molecule has 1 saturated heterocycles. The highest BCUT2D eigenvalue weighted by Gasteiger charge is 2.11. The van der Waals surface area contributed by atoms with Gasteiger partial charge in [-0.2, -0.15) is 11.8 Å². The van der Waals surface area contributed by atoms with Crippen LogP contribution in [0.15, 0.2) is 24.3 Å². The molecule has 104 valence electrons. The number of aromatic carboxylic acids is 1. The zero-order chi connectivity index (χ0) is 13.5. The molecule has 0 amide bonds. The van der Waals surface area contributed by atoms with Gasteiger partial charge in [0.25, 0.3) is 0 Å². The third-order valence-corrected chi connectivity index (χ3v) is 4.49. The van der Waals surface area contributed by atoms with E-state index in [1.165, 1.54) is 32.4 Å². The fraction of sp³-hybridized carbons (Fsp3) is 0.533. The van der Waals surface area contributed by atoms with Crippen LogP contribution >= 0.6 is 11.8 Å². The summed E-state index contributed by atoms with van der Waals surface area (Å²) in [5.74, 6) is 1.04. The molecular weight excluding hydrogens is 258 g/mol. The molecule has 0 spiro atoms. The molecule has 1 fully saturated rings. The van der Waals surface area contributed by atoms with Crippen LogP contribution in [0.2, 0.25) is 0 Å². The van der Waals surface area contributed by atoms with Crippen molar-refractivity contribution in [2.45, 2.75) is 25.0 Å². The van der Waals surface area contributed by atoms with Gasteiger partial charge < -0.3 is 10.0 Å². The molecule has 1 aliphatic heterocycles. The number of likely N-dealkylation sites (tertiary alicyclic amines) is 1. The Morgan fingerprint density at radius 2 is 1.95 bits per heavy atom. The van der Waals surface area contributed by atoms with Gasteiger partial charge in [0.15, 0.2) is 0 Å². The van der Waals surface area contributed by atoms with Crippen molar-refractivity contribution in [3.8, 4) is 0 Å². The number of carbonyl (C=O) groups is 1. The highest BCUT2D eigenvalue weighted by molar-refractivity contribution is 7.98. The summed E-state index contributed by atoms with van der Waals surface area (Å²) < 4.78 is 0. The molecule has 0 bridgehead atoms. The first kappa shape index (κ1) is 14.4. The minimum atomic E-state index is -0.827. The van der Waals surface area contributed by atoms with E-state index >= 15 is 0 Å². The maximum atomic E-state index is 11.1. The largest absolute Gasteiger partial charge is 0.478 e. The normalized spacial score (nSPS) is 16.4. The lowest BCUT2D eigenvalue weighted by Crippen LogP contribution is -2.31. The second kappa shape index (κ2) is 7.56. The molecule has 1 aromatic rings. The van der Waals surface area contributed by atoms with E-state index < -0.39 is 5.97 Å². The van der Waals surface area contributed by atoms with E-state index in [0.29, 0.717) is 5.56 Å². The summed E-state index contributed by atoms with van der Waals surface area (Å²) in [6, 6.07) is 7.29. The first-order valence-electron chi connectivity index (χ1n) is 6.88. The number of benzene rings is 1. The molecule has 0 radical (unpaired) electrons. The van der Waals surface area contributed by atoms with Crippen LogP contribution < -0.4 is 0 Å². The van der Waals surface area contributed by atoms with Crippen molar-refractivity contribution in [3.05, 3.63) is 35.4 Å². The Bertz CT molecular complexity index is 416. The van der Waals surface area contributed by atoms with E-state index in [2.05, 4.69) is 4.90 Å². The van der Waals surface area contributed by atoms with Crippen LogP contribution in [0.3, 0.4) is 0 Å². The van der Waals surface area contributed by atoms with Gasteiger partial charge in [0, 0.05) is 18.1 Å². The molecular formula is C15H21NO2S. The minimum absolute atomic E-state index is 0.438. The van der Waals surface area contributed by atoms with Crippen molar-refractivity contribution in [1.82, 2.24) is 4.90 Å². The Kier molecular flexibility index (Phi) is 5.73. The summed E-state index contributed by atoms with van der Waals surface area (Å²) >= 11 is 1.83. The monoisotopic (exact) mass is 279 g/mol. The summed E-state index contributed by atoms with van der Waals surface area (Å²) in [5, 5.41) is 9.11.